The van der Waals surface area contributed by atoms with Crippen molar-refractivity contribution in [3.8, 4) is 0 Å². The minimum atomic E-state index is -2.69. The third kappa shape index (κ3) is 3.58. The van der Waals surface area contributed by atoms with Gasteiger partial charge in [-0.2, -0.15) is 0 Å². The molecule has 0 aliphatic carbocycles. The van der Waals surface area contributed by atoms with E-state index in [4.69, 9.17) is 4.74 Å². The van der Waals surface area contributed by atoms with Crippen molar-refractivity contribution < 1.29 is 18.3 Å². The van der Waals surface area contributed by atoms with Gasteiger partial charge in [0, 0.05) is 15.3 Å². The van der Waals surface area contributed by atoms with E-state index in [-0.39, 0.29) is 24.3 Å². The molecule has 6 heteroatoms. The molecule has 0 aliphatic heterocycles. The first-order valence-electron chi connectivity index (χ1n) is 5.05. The second-order valence-electron chi connectivity index (χ2n) is 3.40. The Bertz CT molecular complexity index is 424. The smallest absolute Gasteiger partial charge is 0.310 e. The van der Waals surface area contributed by atoms with Crippen molar-refractivity contribution in [2.45, 2.75) is 26.7 Å². The van der Waals surface area contributed by atoms with Gasteiger partial charge in [-0.15, -0.1) is 0 Å². The lowest BCUT2D eigenvalue weighted by Crippen LogP contribution is -2.12. The number of aryl methyl sites for hydroxylation is 1. The number of carbonyl (C=O) groups excluding carboxylic acids is 1. The number of aromatic nitrogens is 1. The van der Waals surface area contributed by atoms with E-state index in [1.807, 2.05) is 22.6 Å². The second-order valence-corrected chi connectivity index (χ2v) is 4.48. The molecule has 1 aromatic heterocycles. The minimum absolute atomic E-state index is 0.166. The van der Waals surface area contributed by atoms with Gasteiger partial charge < -0.3 is 4.74 Å². The zero-order valence-electron chi connectivity index (χ0n) is 9.47. The Labute approximate surface area is 112 Å². The number of hydrogen-bond donors (Lipinski definition) is 0. The third-order valence-electron chi connectivity index (χ3n) is 2.15. The minimum Gasteiger partial charge on any atom is -0.466 e. The highest BCUT2D eigenvalue weighted by Gasteiger charge is 2.21. The molecule has 94 valence electrons. The van der Waals surface area contributed by atoms with E-state index in [1.165, 1.54) is 6.20 Å². The summed E-state index contributed by atoms with van der Waals surface area (Å²) in [4.78, 5) is 15.0. The van der Waals surface area contributed by atoms with Crippen LogP contribution in [0.15, 0.2) is 6.20 Å². The van der Waals surface area contributed by atoms with E-state index < -0.39 is 12.4 Å². The Morgan fingerprint density at radius 2 is 2.24 bits per heavy atom. The molecule has 0 unspecified atom stereocenters. The molecule has 1 aromatic rings. The molecule has 0 amide bonds. The Kier molecular flexibility index (Phi) is 5.23. The standard InChI is InChI=1S/C11H12F2INO2/c1-3-17-8(16)4-7-9(14)6(2)5-15-10(7)11(12)13/h5,11H,3-4H2,1-2H3. The molecule has 0 bridgehead atoms. The maximum absolute atomic E-state index is 12.8. The highest BCUT2D eigenvalue weighted by atomic mass is 127. The number of halogens is 3. The first-order chi connectivity index (χ1) is 7.97. The molecule has 0 radical (unpaired) electrons. The highest BCUT2D eigenvalue weighted by molar-refractivity contribution is 14.1. The summed E-state index contributed by atoms with van der Waals surface area (Å²) in [6.07, 6.45) is -1.47. The summed E-state index contributed by atoms with van der Waals surface area (Å²) < 4.78 is 30.9. The lowest BCUT2D eigenvalue weighted by Gasteiger charge is -2.11. The van der Waals surface area contributed by atoms with Gasteiger partial charge in [0.2, 0.25) is 0 Å². The number of ether oxygens (including phenoxy) is 1. The number of pyridine rings is 1. The van der Waals surface area contributed by atoms with Crippen molar-refractivity contribution in [1.29, 1.82) is 0 Å². The van der Waals surface area contributed by atoms with Crippen LogP contribution < -0.4 is 0 Å². The molecule has 0 N–H and O–H groups in total. The SMILES string of the molecule is CCOC(=O)Cc1c(C(F)F)ncc(C)c1I. The molecule has 1 rings (SSSR count). The zero-order chi connectivity index (χ0) is 13.0. The van der Waals surface area contributed by atoms with E-state index >= 15 is 0 Å². The molecular formula is C11H12F2INO2. The first-order valence-corrected chi connectivity index (χ1v) is 6.12. The topological polar surface area (TPSA) is 39.2 Å². The van der Waals surface area contributed by atoms with E-state index in [1.54, 1.807) is 13.8 Å². The van der Waals surface area contributed by atoms with Gasteiger partial charge in [0.15, 0.2) is 0 Å². The summed E-state index contributed by atoms with van der Waals surface area (Å²) in [5, 5.41) is 0. The molecule has 0 aliphatic rings. The van der Waals surface area contributed by atoms with Crippen LogP contribution in [0.25, 0.3) is 0 Å². The number of carbonyl (C=O) groups is 1. The molecule has 1 heterocycles. The van der Waals surface area contributed by atoms with E-state index in [9.17, 15) is 13.6 Å². The molecule has 0 atom stereocenters. The molecule has 0 spiro atoms. The lowest BCUT2D eigenvalue weighted by molar-refractivity contribution is -0.142. The van der Waals surface area contributed by atoms with Gasteiger partial charge in [0.1, 0.15) is 5.69 Å². The molecule has 17 heavy (non-hydrogen) atoms. The lowest BCUT2D eigenvalue weighted by atomic mass is 10.1. The summed E-state index contributed by atoms with van der Waals surface area (Å²) in [7, 11) is 0. The van der Waals surface area contributed by atoms with Crippen molar-refractivity contribution in [3.63, 3.8) is 0 Å². The number of hydrogen-bond acceptors (Lipinski definition) is 3. The second kappa shape index (κ2) is 6.23. The predicted molar refractivity (Wildman–Crippen MR) is 67.0 cm³/mol. The number of esters is 1. The van der Waals surface area contributed by atoms with Crippen molar-refractivity contribution in [1.82, 2.24) is 4.98 Å². The molecule has 0 aromatic carbocycles. The molecule has 3 nitrogen and oxygen atoms in total. The highest BCUT2D eigenvalue weighted by Crippen LogP contribution is 2.27. The Hall–Kier alpha value is -0.790. The van der Waals surface area contributed by atoms with Crippen LogP contribution in [0.5, 0.6) is 0 Å². The number of nitrogens with zero attached hydrogens (tertiary/aromatic N) is 1. The largest absolute Gasteiger partial charge is 0.466 e. The Morgan fingerprint density at radius 3 is 2.76 bits per heavy atom. The summed E-state index contributed by atoms with van der Waals surface area (Å²) in [5.74, 6) is -0.514. The fourth-order valence-corrected chi connectivity index (χ4v) is 1.97. The zero-order valence-corrected chi connectivity index (χ0v) is 11.6. The molecular weight excluding hydrogens is 343 g/mol. The van der Waals surface area contributed by atoms with Crippen molar-refractivity contribution >= 4 is 28.6 Å². The predicted octanol–water partition coefficient (Wildman–Crippen LogP) is 3.04. The van der Waals surface area contributed by atoms with Crippen LogP contribution in [-0.2, 0) is 16.0 Å². The summed E-state index contributed by atoms with van der Waals surface area (Å²) >= 11 is 1.94. The number of alkyl halides is 2. The van der Waals surface area contributed by atoms with Gasteiger partial charge in [-0.25, -0.2) is 8.78 Å². The maximum atomic E-state index is 12.8. The average molecular weight is 355 g/mol. The van der Waals surface area contributed by atoms with Gasteiger partial charge in [0.05, 0.1) is 13.0 Å². The van der Waals surface area contributed by atoms with Crippen LogP contribution in [0, 0.1) is 10.5 Å². The van der Waals surface area contributed by atoms with Crippen molar-refractivity contribution in [2.24, 2.45) is 0 Å². The average Bonchev–Trinajstić information content (AvgIpc) is 2.25. The van der Waals surface area contributed by atoms with Crippen LogP contribution in [0.2, 0.25) is 0 Å². The van der Waals surface area contributed by atoms with Crippen molar-refractivity contribution in [3.05, 3.63) is 26.6 Å². The Morgan fingerprint density at radius 1 is 1.59 bits per heavy atom. The number of rotatable bonds is 4. The van der Waals surface area contributed by atoms with Gasteiger partial charge in [-0.3, -0.25) is 9.78 Å². The van der Waals surface area contributed by atoms with Crippen LogP contribution in [0.3, 0.4) is 0 Å². The molecule has 0 saturated heterocycles. The maximum Gasteiger partial charge on any atom is 0.310 e. The normalized spacial score (nSPS) is 10.7. The van der Waals surface area contributed by atoms with Gasteiger partial charge in [-0.1, -0.05) is 0 Å². The first kappa shape index (κ1) is 14.3. The summed E-state index contributed by atoms with van der Waals surface area (Å²) in [6.45, 7) is 3.67. The summed E-state index contributed by atoms with van der Waals surface area (Å²) in [6, 6.07) is 0. The van der Waals surface area contributed by atoms with Crippen molar-refractivity contribution in [2.75, 3.05) is 6.61 Å². The quantitative estimate of drug-likeness (QED) is 0.616. The Balaban J connectivity index is 3.10. The van der Waals surface area contributed by atoms with Crippen LogP contribution in [0.1, 0.15) is 30.2 Å². The van der Waals surface area contributed by atoms with Crippen LogP contribution in [-0.4, -0.2) is 17.6 Å². The van der Waals surface area contributed by atoms with E-state index in [0.29, 0.717) is 3.57 Å². The van der Waals surface area contributed by atoms with E-state index in [2.05, 4.69) is 4.98 Å². The van der Waals surface area contributed by atoms with Gasteiger partial charge in [0.25, 0.3) is 6.43 Å². The van der Waals surface area contributed by atoms with Crippen LogP contribution >= 0.6 is 22.6 Å². The monoisotopic (exact) mass is 355 g/mol. The molecule has 0 saturated carbocycles. The third-order valence-corrected chi connectivity index (χ3v) is 3.65. The summed E-state index contributed by atoms with van der Waals surface area (Å²) in [5.41, 5.74) is 0.696. The van der Waals surface area contributed by atoms with E-state index in [0.717, 1.165) is 5.56 Å². The van der Waals surface area contributed by atoms with Gasteiger partial charge >= 0.3 is 5.97 Å². The fraction of sp³-hybridized carbons (Fsp3) is 0.455. The van der Waals surface area contributed by atoms with Crippen LogP contribution in [0.4, 0.5) is 8.78 Å². The fourth-order valence-electron chi connectivity index (χ4n) is 1.36. The van der Waals surface area contributed by atoms with Gasteiger partial charge in [-0.05, 0) is 42.0 Å². The molecule has 0 fully saturated rings.